The Hall–Kier alpha value is -1.75. The van der Waals surface area contributed by atoms with E-state index in [0.29, 0.717) is 34.5 Å². The molecule has 0 unspecified atom stereocenters. The number of sulfonamides is 1. The van der Waals surface area contributed by atoms with Gasteiger partial charge in [-0.25, -0.2) is 18.4 Å². The molecule has 4 heterocycles. The van der Waals surface area contributed by atoms with Crippen LogP contribution in [0.1, 0.15) is 18.5 Å². The highest BCUT2D eigenvalue weighted by atomic mass is 32.2. The number of pyridine rings is 1. The Bertz CT molecular complexity index is 1080. The monoisotopic (exact) mass is 408 g/mol. The van der Waals surface area contributed by atoms with E-state index in [1.807, 2.05) is 5.38 Å². The van der Waals surface area contributed by atoms with E-state index >= 15 is 0 Å². The van der Waals surface area contributed by atoms with Gasteiger partial charge in [-0.05, 0) is 25.0 Å². The van der Waals surface area contributed by atoms with Crippen LogP contribution in [0.25, 0.3) is 4.96 Å². The Morgan fingerprint density at radius 3 is 2.77 bits per heavy atom. The molecule has 1 saturated heterocycles. The lowest BCUT2D eigenvalue weighted by atomic mass is 10.4. The smallest absolute Gasteiger partial charge is 0.258 e. The van der Waals surface area contributed by atoms with E-state index in [9.17, 15) is 13.2 Å². The average Bonchev–Trinajstić information content (AvgIpc) is 3.32. The zero-order valence-corrected chi connectivity index (χ0v) is 16.2. The van der Waals surface area contributed by atoms with Crippen LogP contribution in [-0.4, -0.2) is 40.2 Å². The van der Waals surface area contributed by atoms with Gasteiger partial charge in [0, 0.05) is 42.7 Å². The lowest BCUT2D eigenvalue weighted by Gasteiger charge is -2.15. The topological polar surface area (TPSA) is 84.6 Å². The number of nitrogens with zero attached hydrogens (tertiary/aromatic N) is 4. The fourth-order valence-corrected chi connectivity index (χ4v) is 5.73. The number of hydrogen-bond acceptors (Lipinski definition) is 7. The standard InChI is InChI=1S/C16H16N4O3S3/c21-15-9-12(18-16-20(15)7-8-24-16)11-25-14-4-3-13(10-17-14)26(22,23)19-5-1-2-6-19/h3-4,7-10H,1-2,5-6,11H2. The summed E-state index contributed by atoms with van der Waals surface area (Å²) in [5, 5.41) is 2.51. The lowest BCUT2D eigenvalue weighted by Crippen LogP contribution is -2.27. The Morgan fingerprint density at radius 1 is 1.23 bits per heavy atom. The van der Waals surface area contributed by atoms with E-state index in [-0.39, 0.29) is 10.5 Å². The van der Waals surface area contributed by atoms with Gasteiger partial charge in [0.2, 0.25) is 10.0 Å². The molecule has 7 nitrogen and oxygen atoms in total. The van der Waals surface area contributed by atoms with E-state index in [4.69, 9.17) is 0 Å². The minimum atomic E-state index is -3.44. The molecule has 1 aliphatic rings. The van der Waals surface area contributed by atoms with Gasteiger partial charge in [-0.1, -0.05) is 0 Å². The van der Waals surface area contributed by atoms with Crippen molar-refractivity contribution in [1.29, 1.82) is 0 Å². The second-order valence-electron chi connectivity index (χ2n) is 5.87. The molecule has 0 aliphatic carbocycles. The first-order chi connectivity index (χ1) is 12.5. The molecule has 0 saturated carbocycles. The van der Waals surface area contributed by atoms with Crippen LogP contribution >= 0.6 is 23.1 Å². The SMILES string of the molecule is O=c1cc(CSc2ccc(S(=O)(=O)N3CCCC3)cn2)nc2sccn12. The van der Waals surface area contributed by atoms with Gasteiger partial charge in [0.05, 0.1) is 10.7 Å². The summed E-state index contributed by atoms with van der Waals surface area (Å²) in [5.74, 6) is 0.495. The summed E-state index contributed by atoms with van der Waals surface area (Å²) >= 11 is 2.83. The maximum atomic E-state index is 12.5. The zero-order valence-electron chi connectivity index (χ0n) is 13.7. The third kappa shape index (κ3) is 3.41. The molecule has 4 rings (SSSR count). The van der Waals surface area contributed by atoms with E-state index < -0.39 is 10.0 Å². The van der Waals surface area contributed by atoms with Crippen LogP contribution in [-0.2, 0) is 15.8 Å². The van der Waals surface area contributed by atoms with Crippen molar-refractivity contribution in [3.8, 4) is 0 Å². The van der Waals surface area contributed by atoms with Crippen molar-refractivity contribution < 1.29 is 8.42 Å². The van der Waals surface area contributed by atoms with Crippen molar-refractivity contribution in [3.05, 3.63) is 52.0 Å². The highest BCUT2D eigenvalue weighted by Crippen LogP contribution is 2.24. The minimum absolute atomic E-state index is 0.105. The molecule has 0 spiro atoms. The summed E-state index contributed by atoms with van der Waals surface area (Å²) in [4.78, 5) is 21.6. The molecular weight excluding hydrogens is 392 g/mol. The first-order valence-corrected chi connectivity index (χ1v) is 11.4. The van der Waals surface area contributed by atoms with Crippen LogP contribution in [0.4, 0.5) is 0 Å². The fraction of sp³-hybridized carbons (Fsp3) is 0.312. The van der Waals surface area contributed by atoms with Crippen LogP contribution < -0.4 is 5.56 Å². The number of fused-ring (bicyclic) bond motifs is 1. The van der Waals surface area contributed by atoms with Crippen LogP contribution in [0.15, 0.2) is 50.7 Å². The van der Waals surface area contributed by atoms with Crippen molar-refractivity contribution in [2.45, 2.75) is 28.5 Å². The summed E-state index contributed by atoms with van der Waals surface area (Å²) in [6.45, 7) is 1.15. The molecule has 0 bridgehead atoms. The Kier molecular flexibility index (Phi) is 4.82. The van der Waals surface area contributed by atoms with E-state index in [1.54, 1.807) is 18.3 Å². The third-order valence-electron chi connectivity index (χ3n) is 4.14. The Labute approximate surface area is 158 Å². The molecule has 0 atom stereocenters. The molecule has 1 aliphatic heterocycles. The predicted octanol–water partition coefficient (Wildman–Crippen LogP) is 2.23. The molecule has 26 heavy (non-hydrogen) atoms. The molecule has 0 aromatic carbocycles. The summed E-state index contributed by atoms with van der Waals surface area (Å²) in [6, 6.07) is 4.80. The third-order valence-corrected chi connectivity index (χ3v) is 7.75. The first kappa shape index (κ1) is 17.7. The van der Waals surface area contributed by atoms with Gasteiger partial charge in [-0.3, -0.25) is 9.20 Å². The van der Waals surface area contributed by atoms with Gasteiger partial charge in [-0.2, -0.15) is 4.31 Å². The van der Waals surface area contributed by atoms with Gasteiger partial charge in [0.25, 0.3) is 5.56 Å². The normalized spacial score (nSPS) is 15.7. The maximum absolute atomic E-state index is 12.5. The summed E-state index contributed by atoms with van der Waals surface area (Å²) in [7, 11) is -3.44. The average molecular weight is 409 g/mol. The molecule has 0 amide bonds. The van der Waals surface area contributed by atoms with E-state index in [0.717, 1.165) is 12.8 Å². The lowest BCUT2D eigenvalue weighted by molar-refractivity contribution is 0.477. The van der Waals surface area contributed by atoms with Crippen molar-refractivity contribution in [3.63, 3.8) is 0 Å². The highest BCUT2D eigenvalue weighted by Gasteiger charge is 2.27. The number of thiazole rings is 1. The van der Waals surface area contributed by atoms with Crippen LogP contribution in [0, 0.1) is 0 Å². The fourth-order valence-electron chi connectivity index (χ4n) is 2.79. The largest absolute Gasteiger partial charge is 0.269 e. The zero-order chi connectivity index (χ0) is 18.1. The van der Waals surface area contributed by atoms with Crippen molar-refractivity contribution in [2.24, 2.45) is 0 Å². The van der Waals surface area contributed by atoms with Gasteiger partial charge >= 0.3 is 0 Å². The van der Waals surface area contributed by atoms with E-state index in [2.05, 4.69) is 9.97 Å². The van der Waals surface area contributed by atoms with Crippen LogP contribution in [0.3, 0.4) is 0 Å². The van der Waals surface area contributed by atoms with Crippen molar-refractivity contribution in [1.82, 2.24) is 18.7 Å². The predicted molar refractivity (Wildman–Crippen MR) is 101 cm³/mol. The number of thioether (sulfide) groups is 1. The molecule has 136 valence electrons. The second kappa shape index (κ2) is 7.10. The number of hydrogen-bond donors (Lipinski definition) is 0. The summed E-state index contributed by atoms with van der Waals surface area (Å²) in [6.07, 6.45) is 4.92. The summed E-state index contributed by atoms with van der Waals surface area (Å²) in [5.41, 5.74) is 0.574. The molecule has 3 aromatic rings. The van der Waals surface area contributed by atoms with Gasteiger partial charge in [0.1, 0.15) is 4.90 Å². The van der Waals surface area contributed by atoms with Crippen LogP contribution in [0.5, 0.6) is 0 Å². The quantitative estimate of drug-likeness (QED) is 0.602. The molecule has 1 fully saturated rings. The second-order valence-corrected chi connectivity index (χ2v) is 9.68. The van der Waals surface area contributed by atoms with Gasteiger partial charge in [-0.15, -0.1) is 23.1 Å². The Morgan fingerprint density at radius 2 is 2.04 bits per heavy atom. The molecular formula is C16H16N4O3S3. The number of aromatic nitrogens is 3. The minimum Gasteiger partial charge on any atom is -0.269 e. The molecule has 3 aromatic heterocycles. The van der Waals surface area contributed by atoms with Crippen molar-refractivity contribution in [2.75, 3.05) is 13.1 Å². The molecule has 10 heteroatoms. The number of rotatable bonds is 5. The van der Waals surface area contributed by atoms with Crippen LogP contribution in [0.2, 0.25) is 0 Å². The molecule has 0 radical (unpaired) electrons. The van der Waals surface area contributed by atoms with Gasteiger partial charge < -0.3 is 0 Å². The maximum Gasteiger partial charge on any atom is 0.258 e. The highest BCUT2D eigenvalue weighted by molar-refractivity contribution is 7.98. The first-order valence-electron chi connectivity index (χ1n) is 8.09. The van der Waals surface area contributed by atoms with Crippen molar-refractivity contribution >= 4 is 38.1 Å². The van der Waals surface area contributed by atoms with Gasteiger partial charge in [0.15, 0.2) is 4.96 Å². The molecule has 0 N–H and O–H groups in total. The summed E-state index contributed by atoms with van der Waals surface area (Å²) < 4.78 is 28.0. The Balaban J connectivity index is 1.48. The van der Waals surface area contributed by atoms with E-state index in [1.165, 1.54) is 44.1 Å².